The minimum atomic E-state index is -0.00556. The molecule has 0 aliphatic rings. The van der Waals surface area contributed by atoms with E-state index < -0.39 is 0 Å². The second kappa shape index (κ2) is 7.85. The second-order valence-electron chi connectivity index (χ2n) is 5.12. The molecule has 1 rings (SSSR count). The molecular formula is C15H24N2O3. The number of methoxy groups -OCH3 is 1. The highest BCUT2D eigenvalue weighted by Gasteiger charge is 2.21. The maximum Gasteiger partial charge on any atom is 0.254 e. The van der Waals surface area contributed by atoms with Gasteiger partial charge in [0.25, 0.3) is 5.91 Å². The van der Waals surface area contributed by atoms with E-state index in [2.05, 4.69) is 4.98 Å². The van der Waals surface area contributed by atoms with Gasteiger partial charge in [-0.15, -0.1) is 0 Å². The summed E-state index contributed by atoms with van der Waals surface area (Å²) >= 11 is 0. The molecule has 5 heteroatoms. The first-order chi connectivity index (χ1) is 9.47. The maximum absolute atomic E-state index is 12.5. The zero-order chi connectivity index (χ0) is 15.1. The molecule has 1 amide bonds. The summed E-state index contributed by atoms with van der Waals surface area (Å²) in [5.74, 6) is 0.439. The largest absolute Gasteiger partial charge is 0.475 e. The third kappa shape index (κ3) is 4.49. The summed E-state index contributed by atoms with van der Waals surface area (Å²) in [7, 11) is 1.61. The lowest BCUT2D eigenvalue weighted by Gasteiger charge is -2.30. The Hall–Kier alpha value is -1.62. The summed E-state index contributed by atoms with van der Waals surface area (Å²) in [5, 5.41) is 0. The van der Waals surface area contributed by atoms with Crippen LogP contribution in [0.4, 0.5) is 0 Å². The van der Waals surface area contributed by atoms with Crippen LogP contribution < -0.4 is 4.74 Å². The van der Waals surface area contributed by atoms with Crippen molar-refractivity contribution in [3.8, 4) is 5.88 Å². The van der Waals surface area contributed by atoms with Crippen LogP contribution in [0, 0.1) is 0 Å². The van der Waals surface area contributed by atoms with Gasteiger partial charge in [0.15, 0.2) is 0 Å². The Labute approximate surface area is 120 Å². The number of aromatic nitrogens is 1. The lowest BCUT2D eigenvalue weighted by atomic mass is 10.1. The van der Waals surface area contributed by atoms with Gasteiger partial charge in [0, 0.05) is 37.0 Å². The normalized spacial score (nSPS) is 10.9. The number of amides is 1. The van der Waals surface area contributed by atoms with Crippen LogP contribution in [0.5, 0.6) is 5.88 Å². The topological polar surface area (TPSA) is 51.7 Å². The van der Waals surface area contributed by atoms with Crippen LogP contribution in [0.3, 0.4) is 0 Å². The lowest BCUT2D eigenvalue weighted by Crippen LogP contribution is -2.42. The van der Waals surface area contributed by atoms with E-state index in [1.165, 1.54) is 0 Å². The molecule has 0 spiro atoms. The van der Waals surface area contributed by atoms with Crippen molar-refractivity contribution in [3.05, 3.63) is 23.9 Å². The molecule has 0 unspecified atom stereocenters. The third-order valence-corrected chi connectivity index (χ3v) is 2.87. The molecule has 0 fully saturated rings. The van der Waals surface area contributed by atoms with Crippen molar-refractivity contribution in [3.63, 3.8) is 0 Å². The number of carbonyl (C=O) groups is 1. The predicted molar refractivity (Wildman–Crippen MR) is 78.0 cm³/mol. The zero-order valence-electron chi connectivity index (χ0n) is 12.9. The van der Waals surface area contributed by atoms with Crippen LogP contribution in [0.1, 0.15) is 38.1 Å². The number of pyridine rings is 1. The molecule has 0 bridgehead atoms. The van der Waals surface area contributed by atoms with Crippen molar-refractivity contribution >= 4 is 5.91 Å². The van der Waals surface area contributed by atoms with Gasteiger partial charge in [-0.1, -0.05) is 0 Å². The maximum atomic E-state index is 12.5. The number of rotatable bonds is 7. The Morgan fingerprint density at radius 1 is 1.25 bits per heavy atom. The van der Waals surface area contributed by atoms with Gasteiger partial charge < -0.3 is 14.4 Å². The van der Waals surface area contributed by atoms with Gasteiger partial charge in [-0.25, -0.2) is 4.98 Å². The molecule has 1 heterocycles. The van der Waals surface area contributed by atoms with Gasteiger partial charge in [0.1, 0.15) is 6.61 Å². The van der Waals surface area contributed by atoms with Gasteiger partial charge in [-0.2, -0.15) is 0 Å². The third-order valence-electron chi connectivity index (χ3n) is 2.87. The van der Waals surface area contributed by atoms with E-state index in [1.54, 1.807) is 25.4 Å². The Balaban J connectivity index is 2.84. The number of hydrogen-bond donors (Lipinski definition) is 0. The molecule has 20 heavy (non-hydrogen) atoms. The highest BCUT2D eigenvalue weighted by Crippen LogP contribution is 2.15. The van der Waals surface area contributed by atoms with Gasteiger partial charge in [0.2, 0.25) is 5.88 Å². The van der Waals surface area contributed by atoms with E-state index in [9.17, 15) is 4.79 Å². The number of hydrogen-bond acceptors (Lipinski definition) is 4. The van der Waals surface area contributed by atoms with Crippen molar-refractivity contribution in [1.29, 1.82) is 0 Å². The van der Waals surface area contributed by atoms with Crippen LogP contribution in [0.15, 0.2) is 18.3 Å². The molecule has 0 saturated heterocycles. The Morgan fingerprint density at radius 2 is 1.90 bits per heavy atom. The van der Waals surface area contributed by atoms with Crippen molar-refractivity contribution < 1.29 is 14.3 Å². The summed E-state index contributed by atoms with van der Waals surface area (Å²) in [4.78, 5) is 18.5. The zero-order valence-corrected chi connectivity index (χ0v) is 12.9. The van der Waals surface area contributed by atoms with Gasteiger partial charge in [-0.05, 0) is 33.8 Å². The highest BCUT2D eigenvalue weighted by atomic mass is 16.5. The molecular weight excluding hydrogens is 256 g/mol. The van der Waals surface area contributed by atoms with Crippen molar-refractivity contribution in [1.82, 2.24) is 9.88 Å². The number of carbonyl (C=O) groups excluding carboxylic acids is 1. The average Bonchev–Trinajstić information content (AvgIpc) is 2.38. The fraction of sp³-hybridized carbons (Fsp3) is 0.600. The van der Waals surface area contributed by atoms with Crippen LogP contribution in [-0.4, -0.2) is 48.2 Å². The smallest absolute Gasteiger partial charge is 0.254 e. The van der Waals surface area contributed by atoms with E-state index >= 15 is 0 Å². The quantitative estimate of drug-likeness (QED) is 0.720. The first-order valence-electron chi connectivity index (χ1n) is 6.87. The fourth-order valence-corrected chi connectivity index (χ4v) is 2.07. The Morgan fingerprint density at radius 3 is 2.45 bits per heavy atom. The van der Waals surface area contributed by atoms with Crippen LogP contribution >= 0.6 is 0 Å². The van der Waals surface area contributed by atoms with Crippen LogP contribution in [0.2, 0.25) is 0 Å². The number of ether oxygens (including phenoxy) is 2. The fourth-order valence-electron chi connectivity index (χ4n) is 2.07. The van der Waals surface area contributed by atoms with Gasteiger partial charge in [-0.3, -0.25) is 4.79 Å². The summed E-state index contributed by atoms with van der Waals surface area (Å²) in [6, 6.07) is 3.68. The molecule has 0 aromatic carbocycles. The molecule has 0 aliphatic carbocycles. The summed E-state index contributed by atoms with van der Waals surface area (Å²) < 4.78 is 10.3. The summed E-state index contributed by atoms with van der Waals surface area (Å²) in [6.45, 7) is 8.94. The molecule has 0 N–H and O–H groups in total. The van der Waals surface area contributed by atoms with Crippen molar-refractivity contribution in [2.45, 2.75) is 39.8 Å². The lowest BCUT2D eigenvalue weighted by molar-refractivity contribution is 0.0643. The highest BCUT2D eigenvalue weighted by molar-refractivity contribution is 5.94. The second-order valence-corrected chi connectivity index (χ2v) is 5.12. The van der Waals surface area contributed by atoms with Gasteiger partial charge >= 0.3 is 0 Å². The van der Waals surface area contributed by atoms with E-state index in [0.717, 1.165) is 0 Å². The SMILES string of the molecule is COCCOc1cc(C(=O)N(C(C)C)C(C)C)ccn1. The number of nitrogens with zero attached hydrogens (tertiary/aromatic N) is 2. The Bertz CT molecular complexity index is 425. The van der Waals surface area contributed by atoms with Gasteiger partial charge in [0.05, 0.1) is 6.61 Å². The van der Waals surface area contributed by atoms with E-state index in [1.807, 2.05) is 32.6 Å². The van der Waals surface area contributed by atoms with Crippen molar-refractivity contribution in [2.75, 3.05) is 20.3 Å². The molecule has 1 aromatic rings. The molecule has 0 atom stereocenters. The molecule has 0 radical (unpaired) electrons. The summed E-state index contributed by atoms with van der Waals surface area (Å²) in [6.07, 6.45) is 1.59. The first kappa shape index (κ1) is 16.4. The minimum absolute atomic E-state index is 0.00556. The van der Waals surface area contributed by atoms with Crippen molar-refractivity contribution in [2.24, 2.45) is 0 Å². The monoisotopic (exact) mass is 280 g/mol. The molecule has 0 saturated carbocycles. The summed E-state index contributed by atoms with van der Waals surface area (Å²) in [5.41, 5.74) is 0.592. The average molecular weight is 280 g/mol. The molecule has 112 valence electrons. The first-order valence-corrected chi connectivity index (χ1v) is 6.87. The van der Waals surface area contributed by atoms with E-state index in [0.29, 0.717) is 24.7 Å². The Kier molecular flexibility index (Phi) is 6.45. The molecule has 1 aromatic heterocycles. The van der Waals surface area contributed by atoms with E-state index in [4.69, 9.17) is 9.47 Å². The van der Waals surface area contributed by atoms with Crippen LogP contribution in [0.25, 0.3) is 0 Å². The predicted octanol–water partition coefficient (Wildman–Crippen LogP) is 2.37. The van der Waals surface area contributed by atoms with E-state index in [-0.39, 0.29) is 18.0 Å². The van der Waals surface area contributed by atoms with Crippen LogP contribution in [-0.2, 0) is 4.74 Å². The standard InChI is InChI=1S/C15H24N2O3/c1-11(2)17(12(3)4)15(18)13-6-7-16-14(10-13)20-9-8-19-5/h6-7,10-12H,8-9H2,1-5H3. The molecule has 0 aliphatic heterocycles. The minimum Gasteiger partial charge on any atom is -0.475 e. The molecule has 5 nitrogen and oxygen atoms in total.